The number of rotatable bonds is 4. The Labute approximate surface area is 153 Å². The molecule has 0 amide bonds. The fourth-order valence-electron chi connectivity index (χ4n) is 3.37. The van der Waals surface area contributed by atoms with Gasteiger partial charge in [-0.25, -0.2) is 4.79 Å². The minimum Gasteiger partial charge on any atom is -0.478 e. The van der Waals surface area contributed by atoms with Crippen LogP contribution in [0.1, 0.15) is 32.9 Å². The maximum atomic E-state index is 11.4. The maximum absolute atomic E-state index is 11.4. The lowest BCUT2D eigenvalue weighted by Crippen LogP contribution is -2.46. The number of hydrogen-bond acceptors (Lipinski definition) is 5. The molecule has 26 heavy (non-hydrogen) atoms. The molecule has 1 fully saturated rings. The number of piperazine rings is 1. The number of hydrogen-bond donors (Lipinski definition) is 1. The number of anilines is 1. The summed E-state index contributed by atoms with van der Waals surface area (Å²) in [6.07, 6.45) is 0. The number of carboxylic acids is 1. The lowest BCUT2D eigenvalue weighted by Gasteiger charge is -2.36. The van der Waals surface area contributed by atoms with Gasteiger partial charge < -0.3 is 10.0 Å². The molecule has 2 aromatic rings. The molecule has 1 aromatic heterocycles. The first kappa shape index (κ1) is 17.9. The van der Waals surface area contributed by atoms with Crippen LogP contribution in [0.4, 0.5) is 5.69 Å². The molecule has 0 saturated carbocycles. The molecule has 1 aromatic carbocycles. The minimum absolute atomic E-state index is 0.271. The van der Waals surface area contributed by atoms with Crippen molar-refractivity contribution in [3.8, 4) is 6.07 Å². The summed E-state index contributed by atoms with van der Waals surface area (Å²) >= 11 is 0. The number of carbonyl (C=O) groups is 1. The van der Waals surface area contributed by atoms with E-state index in [9.17, 15) is 15.2 Å². The van der Waals surface area contributed by atoms with E-state index in [1.54, 1.807) is 13.0 Å². The summed E-state index contributed by atoms with van der Waals surface area (Å²) in [5, 5.41) is 18.6. The van der Waals surface area contributed by atoms with Gasteiger partial charge in [0.1, 0.15) is 6.07 Å². The number of aromatic carboxylic acids is 1. The second kappa shape index (κ2) is 7.54. The zero-order valence-electron chi connectivity index (χ0n) is 15.1. The molecule has 2 heterocycles. The summed E-state index contributed by atoms with van der Waals surface area (Å²) in [5.41, 5.74) is 4.34. The van der Waals surface area contributed by atoms with Crippen molar-refractivity contribution in [1.29, 1.82) is 5.26 Å². The Hall–Kier alpha value is -2.91. The SMILES string of the molecule is Cc1nc(C)c(C(=O)O)cc1CN1CCN(c2ccccc2C#N)CC1. The second-order valence-corrected chi connectivity index (χ2v) is 6.56. The van der Waals surface area contributed by atoms with E-state index in [-0.39, 0.29) is 5.56 Å². The smallest absolute Gasteiger partial charge is 0.337 e. The van der Waals surface area contributed by atoms with Crippen LogP contribution in [-0.4, -0.2) is 47.1 Å². The Morgan fingerprint density at radius 1 is 1.19 bits per heavy atom. The number of pyridine rings is 1. The van der Waals surface area contributed by atoms with Crippen LogP contribution in [0.5, 0.6) is 0 Å². The van der Waals surface area contributed by atoms with Crippen LogP contribution in [0.25, 0.3) is 0 Å². The van der Waals surface area contributed by atoms with Crippen molar-refractivity contribution in [1.82, 2.24) is 9.88 Å². The first-order valence-corrected chi connectivity index (χ1v) is 8.66. The molecule has 6 heteroatoms. The van der Waals surface area contributed by atoms with E-state index >= 15 is 0 Å². The number of carboxylic acid groups (broad SMARTS) is 1. The Morgan fingerprint density at radius 2 is 1.88 bits per heavy atom. The molecule has 0 atom stereocenters. The average Bonchev–Trinajstić information content (AvgIpc) is 2.64. The Balaban J connectivity index is 1.69. The van der Waals surface area contributed by atoms with E-state index in [2.05, 4.69) is 20.9 Å². The van der Waals surface area contributed by atoms with Crippen LogP contribution in [0.3, 0.4) is 0 Å². The Morgan fingerprint density at radius 3 is 2.54 bits per heavy atom. The second-order valence-electron chi connectivity index (χ2n) is 6.56. The summed E-state index contributed by atoms with van der Waals surface area (Å²) in [4.78, 5) is 20.3. The van der Waals surface area contributed by atoms with Crippen molar-refractivity contribution >= 4 is 11.7 Å². The predicted molar refractivity (Wildman–Crippen MR) is 99.3 cm³/mol. The highest BCUT2D eigenvalue weighted by atomic mass is 16.4. The quantitative estimate of drug-likeness (QED) is 0.913. The number of benzene rings is 1. The highest BCUT2D eigenvalue weighted by Gasteiger charge is 2.21. The first-order valence-electron chi connectivity index (χ1n) is 8.66. The number of aromatic nitrogens is 1. The van der Waals surface area contributed by atoms with E-state index in [0.29, 0.717) is 17.8 Å². The molecular weight excluding hydrogens is 328 g/mol. The van der Waals surface area contributed by atoms with Gasteiger partial charge in [-0.15, -0.1) is 0 Å². The van der Waals surface area contributed by atoms with Gasteiger partial charge in [0.05, 0.1) is 22.5 Å². The summed E-state index contributed by atoms with van der Waals surface area (Å²) in [6.45, 7) is 7.72. The van der Waals surface area contributed by atoms with E-state index < -0.39 is 5.97 Å². The van der Waals surface area contributed by atoms with Gasteiger partial charge in [-0.3, -0.25) is 9.88 Å². The minimum atomic E-state index is -0.936. The molecule has 0 aliphatic carbocycles. The fraction of sp³-hybridized carbons (Fsp3) is 0.350. The van der Waals surface area contributed by atoms with Crippen LogP contribution in [0.2, 0.25) is 0 Å². The highest BCUT2D eigenvalue weighted by molar-refractivity contribution is 5.89. The number of nitriles is 1. The van der Waals surface area contributed by atoms with E-state index in [1.165, 1.54) is 0 Å². The molecule has 1 saturated heterocycles. The lowest BCUT2D eigenvalue weighted by atomic mass is 10.1. The van der Waals surface area contributed by atoms with Gasteiger partial charge in [0.25, 0.3) is 0 Å². The van der Waals surface area contributed by atoms with Crippen molar-refractivity contribution < 1.29 is 9.90 Å². The molecule has 1 aliphatic rings. The molecule has 0 unspecified atom stereocenters. The third-order valence-corrected chi connectivity index (χ3v) is 4.87. The van der Waals surface area contributed by atoms with E-state index in [1.807, 2.05) is 31.2 Å². The third-order valence-electron chi connectivity index (χ3n) is 4.87. The summed E-state index contributed by atoms with van der Waals surface area (Å²) in [5.74, 6) is -0.936. The topological polar surface area (TPSA) is 80.5 Å². The Kier molecular flexibility index (Phi) is 5.19. The van der Waals surface area contributed by atoms with Crippen LogP contribution in [-0.2, 0) is 6.54 Å². The van der Waals surface area contributed by atoms with Crippen LogP contribution in [0.15, 0.2) is 30.3 Å². The van der Waals surface area contributed by atoms with Crippen LogP contribution in [0, 0.1) is 25.2 Å². The van der Waals surface area contributed by atoms with Gasteiger partial charge >= 0.3 is 5.97 Å². The third kappa shape index (κ3) is 3.68. The number of nitrogens with zero attached hydrogens (tertiary/aromatic N) is 4. The maximum Gasteiger partial charge on any atom is 0.337 e. The standard InChI is InChI=1S/C20H22N4O2/c1-14-17(11-18(20(25)26)15(2)22-14)13-23-7-9-24(10-8-23)19-6-4-3-5-16(19)12-21/h3-6,11H,7-10,13H2,1-2H3,(H,25,26). The van der Waals surface area contributed by atoms with Gasteiger partial charge in [-0.1, -0.05) is 12.1 Å². The van der Waals surface area contributed by atoms with Crippen molar-refractivity contribution in [3.05, 3.63) is 58.4 Å². The van der Waals surface area contributed by atoms with Gasteiger partial charge in [0.15, 0.2) is 0 Å². The molecule has 0 bridgehead atoms. The molecule has 134 valence electrons. The first-order chi connectivity index (χ1) is 12.5. The summed E-state index contributed by atoms with van der Waals surface area (Å²) in [6, 6.07) is 11.7. The van der Waals surface area contributed by atoms with E-state index in [4.69, 9.17) is 0 Å². The van der Waals surface area contributed by atoms with E-state index in [0.717, 1.165) is 43.1 Å². The average molecular weight is 350 g/mol. The van der Waals surface area contributed by atoms with Crippen LogP contribution >= 0.6 is 0 Å². The summed E-state index contributed by atoms with van der Waals surface area (Å²) in [7, 11) is 0. The molecule has 0 radical (unpaired) electrons. The van der Waals surface area contributed by atoms with Crippen molar-refractivity contribution in [2.75, 3.05) is 31.1 Å². The predicted octanol–water partition coefficient (Wildman–Crippen LogP) is 2.59. The van der Waals surface area contributed by atoms with Gasteiger partial charge in [-0.05, 0) is 37.6 Å². The fourth-order valence-corrected chi connectivity index (χ4v) is 3.37. The molecule has 0 spiro atoms. The normalized spacial score (nSPS) is 14.9. The molecule has 1 aliphatic heterocycles. The van der Waals surface area contributed by atoms with Crippen LogP contribution < -0.4 is 4.90 Å². The van der Waals surface area contributed by atoms with Crippen molar-refractivity contribution in [2.45, 2.75) is 20.4 Å². The van der Waals surface area contributed by atoms with Crippen molar-refractivity contribution in [2.24, 2.45) is 0 Å². The molecule has 1 N–H and O–H groups in total. The molecule has 6 nitrogen and oxygen atoms in total. The lowest BCUT2D eigenvalue weighted by molar-refractivity contribution is 0.0695. The van der Waals surface area contributed by atoms with Gasteiger partial charge in [0, 0.05) is 38.4 Å². The number of aryl methyl sites for hydroxylation is 2. The molecule has 3 rings (SSSR count). The summed E-state index contributed by atoms with van der Waals surface area (Å²) < 4.78 is 0. The molecular formula is C20H22N4O2. The monoisotopic (exact) mass is 350 g/mol. The van der Waals surface area contributed by atoms with Gasteiger partial charge in [-0.2, -0.15) is 5.26 Å². The van der Waals surface area contributed by atoms with Gasteiger partial charge in [0.2, 0.25) is 0 Å². The largest absolute Gasteiger partial charge is 0.478 e. The number of para-hydroxylation sites is 1. The van der Waals surface area contributed by atoms with Crippen molar-refractivity contribution in [3.63, 3.8) is 0 Å². The highest BCUT2D eigenvalue weighted by Crippen LogP contribution is 2.22. The zero-order valence-corrected chi connectivity index (χ0v) is 15.1. The Bertz CT molecular complexity index is 865. The zero-order chi connectivity index (χ0) is 18.7.